The van der Waals surface area contributed by atoms with Gasteiger partial charge in [0, 0.05) is 24.4 Å². The van der Waals surface area contributed by atoms with E-state index in [4.69, 9.17) is 0 Å². The van der Waals surface area contributed by atoms with Gasteiger partial charge in [-0.05, 0) is 68.1 Å². The second-order valence-corrected chi connectivity index (χ2v) is 6.87. The normalized spacial score (nSPS) is 15.9. The lowest BCUT2D eigenvalue weighted by molar-refractivity contribution is 0.102. The van der Waals surface area contributed by atoms with E-state index in [0.717, 1.165) is 43.7 Å². The van der Waals surface area contributed by atoms with E-state index in [1.807, 2.05) is 49.4 Å². The number of anilines is 1. The van der Waals surface area contributed by atoms with E-state index in [1.54, 1.807) is 0 Å². The molecule has 4 nitrogen and oxygen atoms in total. The van der Waals surface area contributed by atoms with Crippen molar-refractivity contribution in [2.24, 2.45) is 5.92 Å². The summed E-state index contributed by atoms with van der Waals surface area (Å²) in [5.41, 5.74) is 3.71. The number of aliphatic hydroxyl groups is 1. The van der Waals surface area contributed by atoms with Gasteiger partial charge in [0.25, 0.3) is 5.91 Å². The Bertz CT molecular complexity index is 721. The zero-order valence-corrected chi connectivity index (χ0v) is 14.7. The molecule has 0 saturated carbocycles. The topological polar surface area (TPSA) is 52.6 Å². The zero-order valence-electron chi connectivity index (χ0n) is 14.7. The van der Waals surface area contributed by atoms with Gasteiger partial charge >= 0.3 is 0 Å². The van der Waals surface area contributed by atoms with Crippen molar-refractivity contribution in [3.63, 3.8) is 0 Å². The van der Waals surface area contributed by atoms with Crippen molar-refractivity contribution in [1.29, 1.82) is 0 Å². The lowest BCUT2D eigenvalue weighted by atomic mass is 9.97. The van der Waals surface area contributed by atoms with Gasteiger partial charge in [0.15, 0.2) is 0 Å². The Labute approximate surface area is 149 Å². The lowest BCUT2D eigenvalue weighted by Crippen LogP contribution is -2.34. The van der Waals surface area contributed by atoms with Crippen LogP contribution in [0.1, 0.15) is 34.3 Å². The van der Waals surface area contributed by atoms with E-state index in [2.05, 4.69) is 16.3 Å². The fourth-order valence-electron chi connectivity index (χ4n) is 3.36. The van der Waals surface area contributed by atoms with Gasteiger partial charge in [0.1, 0.15) is 0 Å². The van der Waals surface area contributed by atoms with E-state index in [1.165, 1.54) is 5.56 Å². The van der Waals surface area contributed by atoms with Crippen LogP contribution in [0.25, 0.3) is 0 Å². The van der Waals surface area contributed by atoms with Crippen molar-refractivity contribution in [2.75, 3.05) is 25.0 Å². The van der Waals surface area contributed by atoms with Crippen LogP contribution in [-0.2, 0) is 6.54 Å². The fraction of sp³-hybridized carbons (Fsp3) is 0.381. The summed E-state index contributed by atoms with van der Waals surface area (Å²) in [5.74, 6) is 0.384. The number of piperidine rings is 1. The minimum absolute atomic E-state index is 0.0704. The van der Waals surface area contributed by atoms with E-state index in [-0.39, 0.29) is 5.91 Å². The first-order valence-corrected chi connectivity index (χ1v) is 8.95. The molecule has 0 radical (unpaired) electrons. The lowest BCUT2D eigenvalue weighted by Gasteiger charge is -2.31. The van der Waals surface area contributed by atoms with Gasteiger partial charge in [-0.2, -0.15) is 0 Å². The maximum atomic E-state index is 12.5. The number of benzene rings is 2. The second-order valence-electron chi connectivity index (χ2n) is 6.87. The Hall–Kier alpha value is -2.17. The molecular formula is C21H26N2O2. The van der Waals surface area contributed by atoms with E-state index < -0.39 is 0 Å². The molecule has 0 bridgehead atoms. The maximum absolute atomic E-state index is 12.5. The van der Waals surface area contributed by atoms with Crippen molar-refractivity contribution in [3.8, 4) is 0 Å². The Morgan fingerprint density at radius 2 is 1.92 bits per heavy atom. The van der Waals surface area contributed by atoms with Crippen LogP contribution in [0, 0.1) is 12.8 Å². The highest BCUT2D eigenvalue weighted by atomic mass is 16.3. The van der Waals surface area contributed by atoms with Crippen molar-refractivity contribution in [2.45, 2.75) is 26.3 Å². The number of aliphatic hydroxyl groups excluding tert-OH is 1. The van der Waals surface area contributed by atoms with E-state index in [0.29, 0.717) is 18.1 Å². The summed E-state index contributed by atoms with van der Waals surface area (Å²) in [6.07, 6.45) is 2.11. The molecule has 0 atom stereocenters. The van der Waals surface area contributed by atoms with Crippen LogP contribution in [-0.4, -0.2) is 35.6 Å². The number of nitrogens with one attached hydrogen (secondary N) is 1. The summed E-state index contributed by atoms with van der Waals surface area (Å²) in [7, 11) is 0. The molecule has 2 N–H and O–H groups in total. The summed E-state index contributed by atoms with van der Waals surface area (Å²) in [5, 5.41) is 12.2. The number of hydrogen-bond donors (Lipinski definition) is 2. The van der Waals surface area contributed by atoms with E-state index >= 15 is 0 Å². The highest BCUT2D eigenvalue weighted by Crippen LogP contribution is 2.20. The summed E-state index contributed by atoms with van der Waals surface area (Å²) < 4.78 is 0. The van der Waals surface area contributed by atoms with Crippen LogP contribution in [0.5, 0.6) is 0 Å². The fourth-order valence-corrected chi connectivity index (χ4v) is 3.36. The molecule has 0 unspecified atom stereocenters. The Morgan fingerprint density at radius 3 is 2.64 bits per heavy atom. The van der Waals surface area contributed by atoms with Crippen LogP contribution in [0.4, 0.5) is 5.69 Å². The average Bonchev–Trinajstić information content (AvgIpc) is 2.63. The Balaban J connectivity index is 1.62. The summed E-state index contributed by atoms with van der Waals surface area (Å²) in [6, 6.07) is 15.7. The predicted octanol–water partition coefficient (Wildman–Crippen LogP) is 3.45. The van der Waals surface area contributed by atoms with Gasteiger partial charge in [-0.3, -0.25) is 9.69 Å². The third-order valence-electron chi connectivity index (χ3n) is 4.95. The van der Waals surface area contributed by atoms with Gasteiger partial charge in [0.2, 0.25) is 0 Å². The summed E-state index contributed by atoms with van der Waals surface area (Å²) >= 11 is 0. The van der Waals surface area contributed by atoms with Crippen LogP contribution < -0.4 is 5.32 Å². The molecule has 25 heavy (non-hydrogen) atoms. The highest BCUT2D eigenvalue weighted by molar-refractivity contribution is 6.05. The SMILES string of the molecule is Cc1ccccc1C(=O)Nc1cccc(CN2CCC(CO)CC2)c1. The first kappa shape index (κ1) is 17.6. The van der Waals surface area contributed by atoms with Crippen molar-refractivity contribution in [3.05, 3.63) is 65.2 Å². The molecule has 1 aliphatic heterocycles. The molecule has 132 valence electrons. The predicted molar refractivity (Wildman–Crippen MR) is 101 cm³/mol. The molecule has 2 aromatic rings. The van der Waals surface area contributed by atoms with Crippen LogP contribution >= 0.6 is 0 Å². The van der Waals surface area contributed by atoms with Crippen LogP contribution in [0.15, 0.2) is 48.5 Å². The molecular weight excluding hydrogens is 312 g/mol. The summed E-state index contributed by atoms with van der Waals surface area (Å²) in [6.45, 7) is 5.16. The third-order valence-corrected chi connectivity index (χ3v) is 4.95. The first-order valence-electron chi connectivity index (χ1n) is 8.95. The number of likely N-dealkylation sites (tertiary alicyclic amines) is 1. The maximum Gasteiger partial charge on any atom is 0.255 e. The molecule has 1 aliphatic rings. The molecule has 1 fully saturated rings. The molecule has 1 saturated heterocycles. The molecule has 0 spiro atoms. The standard InChI is InChI=1S/C21H26N2O2/c1-16-5-2-3-8-20(16)21(25)22-19-7-4-6-18(13-19)14-23-11-9-17(15-24)10-12-23/h2-8,13,17,24H,9-12,14-15H2,1H3,(H,22,25). The number of rotatable bonds is 5. The molecule has 4 heteroatoms. The van der Waals surface area contributed by atoms with Gasteiger partial charge in [-0.15, -0.1) is 0 Å². The quantitative estimate of drug-likeness (QED) is 0.878. The second kappa shape index (κ2) is 8.28. The summed E-state index contributed by atoms with van der Waals surface area (Å²) in [4.78, 5) is 14.9. The minimum Gasteiger partial charge on any atom is -0.396 e. The van der Waals surface area contributed by atoms with Crippen molar-refractivity contribution >= 4 is 11.6 Å². The smallest absolute Gasteiger partial charge is 0.255 e. The van der Waals surface area contributed by atoms with Crippen LogP contribution in [0.2, 0.25) is 0 Å². The van der Waals surface area contributed by atoms with Crippen molar-refractivity contribution < 1.29 is 9.90 Å². The minimum atomic E-state index is -0.0704. The molecule has 3 rings (SSSR count). The van der Waals surface area contributed by atoms with Gasteiger partial charge in [0.05, 0.1) is 0 Å². The Kier molecular flexibility index (Phi) is 5.84. The highest BCUT2D eigenvalue weighted by Gasteiger charge is 2.18. The van der Waals surface area contributed by atoms with Gasteiger partial charge in [-0.1, -0.05) is 30.3 Å². The zero-order chi connectivity index (χ0) is 17.6. The van der Waals surface area contributed by atoms with Crippen molar-refractivity contribution in [1.82, 2.24) is 4.90 Å². The number of amides is 1. The third kappa shape index (κ3) is 4.68. The number of hydrogen-bond acceptors (Lipinski definition) is 3. The van der Waals surface area contributed by atoms with Gasteiger partial charge in [-0.25, -0.2) is 0 Å². The number of nitrogens with zero attached hydrogens (tertiary/aromatic N) is 1. The molecule has 2 aromatic carbocycles. The van der Waals surface area contributed by atoms with Gasteiger partial charge < -0.3 is 10.4 Å². The molecule has 0 aliphatic carbocycles. The number of carbonyl (C=O) groups excluding carboxylic acids is 1. The van der Waals surface area contributed by atoms with E-state index in [9.17, 15) is 9.90 Å². The number of carbonyl (C=O) groups is 1. The largest absolute Gasteiger partial charge is 0.396 e. The molecule has 0 aromatic heterocycles. The molecule has 1 amide bonds. The first-order chi connectivity index (χ1) is 12.2. The average molecular weight is 338 g/mol. The number of aryl methyl sites for hydroxylation is 1. The monoisotopic (exact) mass is 338 g/mol. The molecule has 1 heterocycles. The van der Waals surface area contributed by atoms with Crippen LogP contribution in [0.3, 0.4) is 0 Å². The Morgan fingerprint density at radius 1 is 1.16 bits per heavy atom.